The number of nitrogens with zero attached hydrogens (tertiary/aromatic N) is 3. The molecule has 2 aromatic heterocycles. The van der Waals surface area contributed by atoms with Crippen LogP contribution in [0.5, 0.6) is 0 Å². The first kappa shape index (κ1) is 14.3. The van der Waals surface area contributed by atoms with Gasteiger partial charge in [-0.3, -0.25) is 20.6 Å². The molecule has 3 unspecified atom stereocenters. The van der Waals surface area contributed by atoms with Crippen molar-refractivity contribution in [2.75, 3.05) is 6.54 Å². The Morgan fingerprint density at radius 3 is 3.17 bits per heavy atom. The molecule has 7 heteroatoms. The van der Waals surface area contributed by atoms with E-state index in [-0.39, 0.29) is 11.9 Å². The Balaban J connectivity index is 1.44. The molecule has 23 heavy (non-hydrogen) atoms. The number of nitrogens with one attached hydrogen (secondary N) is 3. The molecule has 1 aliphatic heterocycles. The number of carbonyl (C=O) groups excluding carboxylic acids is 1. The number of hydrogen-bond donors (Lipinski definition) is 3. The molecular formula is C16H20N6O. The van der Waals surface area contributed by atoms with E-state index in [2.05, 4.69) is 26.3 Å². The number of fused-ring (bicyclic) bond motifs is 1. The number of carbonyl (C=O) groups is 1. The quantitative estimate of drug-likeness (QED) is 0.775. The third-order valence-electron chi connectivity index (χ3n) is 4.73. The molecule has 7 nitrogen and oxygen atoms in total. The number of hydrazine groups is 1. The minimum absolute atomic E-state index is 0.117. The maximum atomic E-state index is 12.5. The van der Waals surface area contributed by atoms with E-state index in [4.69, 9.17) is 0 Å². The van der Waals surface area contributed by atoms with Gasteiger partial charge in [-0.25, -0.2) is 4.68 Å². The Bertz CT molecular complexity index is 686. The molecule has 0 radical (unpaired) electrons. The third kappa shape index (κ3) is 2.97. The highest BCUT2D eigenvalue weighted by Crippen LogP contribution is 2.26. The summed E-state index contributed by atoms with van der Waals surface area (Å²) in [5, 5.41) is 7.30. The van der Waals surface area contributed by atoms with Crippen LogP contribution in [0.15, 0.2) is 36.8 Å². The maximum Gasteiger partial charge on any atom is 0.270 e. The maximum absolute atomic E-state index is 12.5. The topological polar surface area (TPSA) is 83.9 Å². The number of hydrogen-bond acceptors (Lipinski definition) is 5. The molecule has 1 saturated heterocycles. The second kappa shape index (κ2) is 6.10. The molecule has 0 spiro atoms. The molecule has 3 heterocycles. The summed E-state index contributed by atoms with van der Waals surface area (Å²) in [4.78, 5) is 16.7. The van der Waals surface area contributed by atoms with E-state index in [1.165, 1.54) is 0 Å². The normalized spacial score (nSPS) is 26.7. The smallest absolute Gasteiger partial charge is 0.270 e. The van der Waals surface area contributed by atoms with Crippen LogP contribution >= 0.6 is 0 Å². The third-order valence-corrected chi connectivity index (χ3v) is 4.73. The molecule has 0 bridgehead atoms. The Morgan fingerprint density at radius 1 is 1.35 bits per heavy atom. The van der Waals surface area contributed by atoms with E-state index in [9.17, 15) is 4.79 Å². The SMILES string of the molecule is O=C(NC1CCC2CNNC2C1)c1cc(-n2cccn2)ccn1. The second-order valence-corrected chi connectivity index (χ2v) is 6.23. The molecular weight excluding hydrogens is 292 g/mol. The molecule has 4 rings (SSSR count). The molecule has 2 fully saturated rings. The fourth-order valence-corrected chi connectivity index (χ4v) is 3.47. The molecule has 1 saturated carbocycles. The minimum Gasteiger partial charge on any atom is -0.348 e. The largest absolute Gasteiger partial charge is 0.348 e. The van der Waals surface area contributed by atoms with Crippen LogP contribution in [-0.4, -0.2) is 39.3 Å². The minimum atomic E-state index is -0.117. The van der Waals surface area contributed by atoms with Gasteiger partial charge in [-0.05, 0) is 43.4 Å². The summed E-state index contributed by atoms with van der Waals surface area (Å²) in [5.41, 5.74) is 7.77. The van der Waals surface area contributed by atoms with E-state index in [1.54, 1.807) is 23.1 Å². The Hall–Kier alpha value is -2.25. The fourth-order valence-electron chi connectivity index (χ4n) is 3.47. The van der Waals surface area contributed by atoms with E-state index in [0.29, 0.717) is 17.7 Å². The van der Waals surface area contributed by atoms with Crippen molar-refractivity contribution in [3.05, 3.63) is 42.5 Å². The van der Waals surface area contributed by atoms with Gasteiger partial charge >= 0.3 is 0 Å². The van der Waals surface area contributed by atoms with Crippen molar-refractivity contribution in [1.29, 1.82) is 0 Å². The summed E-state index contributed by atoms with van der Waals surface area (Å²) < 4.78 is 1.72. The summed E-state index contributed by atoms with van der Waals surface area (Å²) in [6.07, 6.45) is 8.32. The van der Waals surface area contributed by atoms with Gasteiger partial charge in [0.25, 0.3) is 5.91 Å². The molecule has 2 aromatic rings. The summed E-state index contributed by atoms with van der Waals surface area (Å²) in [6.45, 7) is 1.03. The van der Waals surface area contributed by atoms with Gasteiger partial charge in [0.2, 0.25) is 0 Å². The van der Waals surface area contributed by atoms with Crippen molar-refractivity contribution in [3.8, 4) is 5.69 Å². The lowest BCUT2D eigenvalue weighted by atomic mass is 9.83. The number of pyridine rings is 1. The van der Waals surface area contributed by atoms with Crippen LogP contribution in [0.1, 0.15) is 29.8 Å². The van der Waals surface area contributed by atoms with Crippen molar-refractivity contribution in [3.63, 3.8) is 0 Å². The van der Waals surface area contributed by atoms with E-state index < -0.39 is 0 Å². The number of rotatable bonds is 3. The molecule has 3 N–H and O–H groups in total. The predicted molar refractivity (Wildman–Crippen MR) is 84.9 cm³/mol. The average Bonchev–Trinajstić information content (AvgIpc) is 3.26. The van der Waals surface area contributed by atoms with Crippen molar-refractivity contribution in [2.24, 2.45) is 5.92 Å². The van der Waals surface area contributed by atoms with Crippen LogP contribution in [-0.2, 0) is 0 Å². The first-order valence-electron chi connectivity index (χ1n) is 8.05. The van der Waals surface area contributed by atoms with Gasteiger partial charge in [-0.15, -0.1) is 0 Å². The van der Waals surface area contributed by atoms with Crippen LogP contribution < -0.4 is 16.2 Å². The van der Waals surface area contributed by atoms with Crippen molar-refractivity contribution < 1.29 is 4.79 Å². The van der Waals surface area contributed by atoms with Crippen molar-refractivity contribution in [1.82, 2.24) is 30.9 Å². The average molecular weight is 312 g/mol. The highest BCUT2D eigenvalue weighted by molar-refractivity contribution is 5.92. The zero-order valence-electron chi connectivity index (χ0n) is 12.8. The number of aromatic nitrogens is 3. The molecule has 3 atom stereocenters. The highest BCUT2D eigenvalue weighted by atomic mass is 16.1. The van der Waals surface area contributed by atoms with Gasteiger partial charge in [-0.1, -0.05) is 0 Å². The van der Waals surface area contributed by atoms with Crippen LogP contribution in [0.2, 0.25) is 0 Å². The summed E-state index contributed by atoms with van der Waals surface area (Å²) >= 11 is 0. The van der Waals surface area contributed by atoms with Crippen LogP contribution in [0.25, 0.3) is 5.69 Å². The van der Waals surface area contributed by atoms with E-state index in [0.717, 1.165) is 31.5 Å². The van der Waals surface area contributed by atoms with Gasteiger partial charge in [0, 0.05) is 37.2 Å². The Morgan fingerprint density at radius 2 is 2.30 bits per heavy atom. The summed E-state index contributed by atoms with van der Waals surface area (Å²) in [7, 11) is 0. The van der Waals surface area contributed by atoms with E-state index >= 15 is 0 Å². The van der Waals surface area contributed by atoms with Crippen LogP contribution in [0, 0.1) is 5.92 Å². The van der Waals surface area contributed by atoms with Gasteiger partial charge in [0.15, 0.2) is 0 Å². The summed E-state index contributed by atoms with van der Waals surface area (Å²) in [6, 6.07) is 6.11. The number of amides is 1. The Kier molecular flexibility index (Phi) is 3.80. The highest BCUT2D eigenvalue weighted by Gasteiger charge is 2.34. The lowest BCUT2D eigenvalue weighted by Crippen LogP contribution is -2.45. The lowest BCUT2D eigenvalue weighted by molar-refractivity contribution is 0.0914. The van der Waals surface area contributed by atoms with Gasteiger partial charge in [-0.2, -0.15) is 5.10 Å². The molecule has 0 aromatic carbocycles. The first-order valence-corrected chi connectivity index (χ1v) is 8.05. The molecule has 120 valence electrons. The monoisotopic (exact) mass is 312 g/mol. The standard InChI is InChI=1S/C16H20N6O/c23-16(20-12-3-2-11-10-18-21-14(11)8-12)15-9-13(4-6-17-15)22-7-1-5-19-22/h1,4-7,9,11-12,14,18,21H,2-3,8,10H2,(H,20,23). The van der Waals surface area contributed by atoms with Crippen molar-refractivity contribution >= 4 is 5.91 Å². The van der Waals surface area contributed by atoms with E-state index in [1.807, 2.05) is 18.3 Å². The lowest BCUT2D eigenvalue weighted by Gasteiger charge is -2.31. The predicted octanol–water partition coefficient (Wildman–Crippen LogP) is 0.642. The summed E-state index contributed by atoms with van der Waals surface area (Å²) in [5.74, 6) is 0.567. The van der Waals surface area contributed by atoms with Gasteiger partial charge in [0.05, 0.1) is 5.69 Å². The van der Waals surface area contributed by atoms with Crippen LogP contribution in [0.4, 0.5) is 0 Å². The fraction of sp³-hybridized carbons (Fsp3) is 0.438. The molecule has 1 aliphatic carbocycles. The zero-order valence-corrected chi connectivity index (χ0v) is 12.8. The first-order chi connectivity index (χ1) is 11.3. The molecule has 1 amide bonds. The van der Waals surface area contributed by atoms with Gasteiger partial charge < -0.3 is 5.32 Å². The van der Waals surface area contributed by atoms with Crippen LogP contribution in [0.3, 0.4) is 0 Å². The molecule has 2 aliphatic rings. The Labute approximate surface area is 134 Å². The van der Waals surface area contributed by atoms with Gasteiger partial charge in [0.1, 0.15) is 5.69 Å². The second-order valence-electron chi connectivity index (χ2n) is 6.23. The van der Waals surface area contributed by atoms with Crippen molar-refractivity contribution in [2.45, 2.75) is 31.3 Å². The zero-order chi connectivity index (χ0) is 15.6.